The Kier molecular flexibility index (Phi) is 5.52. The molecule has 0 aromatic carbocycles. The number of nitrogens with one attached hydrogen (secondary N) is 1. The summed E-state index contributed by atoms with van der Waals surface area (Å²) in [7, 11) is 1.30. The van der Waals surface area contributed by atoms with Gasteiger partial charge in [0.15, 0.2) is 6.29 Å². The molecule has 9 atom stereocenters. The lowest BCUT2D eigenvalue weighted by atomic mass is 9.82. The Morgan fingerprint density at radius 1 is 1.19 bits per heavy atom. The summed E-state index contributed by atoms with van der Waals surface area (Å²) in [4.78, 5) is 0. The highest BCUT2D eigenvalue weighted by atomic mass is 16.7. The smallest absolute Gasteiger partial charge is 0.165 e. The van der Waals surface area contributed by atoms with Crippen molar-refractivity contribution in [2.45, 2.75) is 49.0 Å². The Morgan fingerprint density at radius 2 is 1.86 bits per heavy atom. The lowest BCUT2D eigenvalue weighted by molar-refractivity contribution is -0.295. The molecule has 124 valence electrons. The maximum Gasteiger partial charge on any atom is 0.165 e. The first-order valence-corrected chi connectivity index (χ1v) is 6.85. The molecule has 21 heavy (non-hydrogen) atoms. The van der Waals surface area contributed by atoms with Crippen LogP contribution in [0.4, 0.5) is 0 Å². The number of aliphatic hydroxyl groups excluding tert-OH is 6. The van der Waals surface area contributed by atoms with Crippen LogP contribution in [0.2, 0.25) is 0 Å². The molecule has 0 spiro atoms. The van der Waals surface area contributed by atoms with Crippen molar-refractivity contribution in [3.8, 4) is 0 Å². The molecule has 0 aromatic heterocycles. The van der Waals surface area contributed by atoms with Crippen molar-refractivity contribution in [1.29, 1.82) is 0 Å². The second kappa shape index (κ2) is 6.82. The van der Waals surface area contributed by atoms with E-state index in [1.54, 1.807) is 0 Å². The molecule has 2 rings (SSSR count). The summed E-state index contributed by atoms with van der Waals surface area (Å²) in [6.07, 6.45) is -8.47. The second-order valence-electron chi connectivity index (χ2n) is 5.50. The lowest BCUT2D eigenvalue weighted by Gasteiger charge is -2.44. The standard InChI is InChI=1S/C12H23NO8/c1-20-12-6(11(19)9(17)5(3-14)21-12)10(18)7-8(16)4(15)2-13-7/h4-19H,2-3H2,1H3/t4-,5+,6+,7-,8-,9+,10-,11+,12-/m0/s1. The first kappa shape index (κ1) is 17.0. The van der Waals surface area contributed by atoms with Crippen molar-refractivity contribution in [2.24, 2.45) is 5.92 Å². The summed E-state index contributed by atoms with van der Waals surface area (Å²) in [6, 6.07) is -0.890. The van der Waals surface area contributed by atoms with E-state index in [0.717, 1.165) is 0 Å². The molecule has 0 amide bonds. The van der Waals surface area contributed by atoms with Crippen LogP contribution in [0.1, 0.15) is 0 Å². The number of rotatable bonds is 4. The zero-order chi connectivity index (χ0) is 15.7. The molecule has 0 radical (unpaired) electrons. The molecule has 2 aliphatic heterocycles. The van der Waals surface area contributed by atoms with Gasteiger partial charge >= 0.3 is 0 Å². The number of hydrogen-bond acceptors (Lipinski definition) is 9. The van der Waals surface area contributed by atoms with E-state index in [9.17, 15) is 25.5 Å². The van der Waals surface area contributed by atoms with Gasteiger partial charge in [0.1, 0.15) is 12.2 Å². The fourth-order valence-corrected chi connectivity index (χ4v) is 2.98. The van der Waals surface area contributed by atoms with Gasteiger partial charge in [-0.3, -0.25) is 0 Å². The van der Waals surface area contributed by atoms with Crippen molar-refractivity contribution in [3.63, 3.8) is 0 Å². The van der Waals surface area contributed by atoms with Crippen molar-refractivity contribution in [2.75, 3.05) is 20.3 Å². The highest BCUT2D eigenvalue weighted by Crippen LogP contribution is 2.32. The third kappa shape index (κ3) is 3.07. The van der Waals surface area contributed by atoms with Gasteiger partial charge in [0.25, 0.3) is 0 Å². The third-order valence-corrected chi connectivity index (χ3v) is 4.25. The minimum atomic E-state index is -1.41. The summed E-state index contributed by atoms with van der Waals surface area (Å²) in [5.41, 5.74) is 0. The molecule has 0 saturated carbocycles. The van der Waals surface area contributed by atoms with Crippen LogP contribution in [0, 0.1) is 5.92 Å². The van der Waals surface area contributed by atoms with Gasteiger partial charge in [0.05, 0.1) is 43.0 Å². The molecule has 0 aliphatic carbocycles. The molecule has 9 heteroatoms. The van der Waals surface area contributed by atoms with E-state index in [1.165, 1.54) is 7.11 Å². The number of methoxy groups -OCH3 is 1. The fourth-order valence-electron chi connectivity index (χ4n) is 2.98. The molecule has 0 bridgehead atoms. The maximum absolute atomic E-state index is 10.4. The highest BCUT2D eigenvalue weighted by molar-refractivity contribution is 5.01. The summed E-state index contributed by atoms with van der Waals surface area (Å²) < 4.78 is 10.4. The first-order chi connectivity index (χ1) is 9.92. The van der Waals surface area contributed by atoms with Crippen molar-refractivity contribution in [3.05, 3.63) is 0 Å². The van der Waals surface area contributed by atoms with Crippen LogP contribution in [-0.4, -0.2) is 99.9 Å². The van der Waals surface area contributed by atoms with Gasteiger partial charge in [0.2, 0.25) is 0 Å². The van der Waals surface area contributed by atoms with Gasteiger partial charge in [-0.2, -0.15) is 0 Å². The van der Waals surface area contributed by atoms with Gasteiger partial charge in [0, 0.05) is 13.7 Å². The molecule has 2 saturated heterocycles. The quantitative estimate of drug-likeness (QED) is 0.274. The predicted octanol–water partition coefficient (Wildman–Crippen LogP) is -4.26. The van der Waals surface area contributed by atoms with E-state index in [1.807, 2.05) is 0 Å². The van der Waals surface area contributed by atoms with E-state index in [2.05, 4.69) is 5.32 Å². The van der Waals surface area contributed by atoms with Crippen LogP contribution in [0.25, 0.3) is 0 Å². The zero-order valence-electron chi connectivity index (χ0n) is 11.6. The SMILES string of the molecule is CO[C@H]1O[C@H](CO)[C@@H](O)[C@H](O)[C@H]1[C@H](O)[C@H]1NC[C@H](O)[C@@H]1O. The first-order valence-electron chi connectivity index (χ1n) is 6.85. The molecular weight excluding hydrogens is 286 g/mol. The van der Waals surface area contributed by atoms with Gasteiger partial charge in [-0.1, -0.05) is 0 Å². The Labute approximate surface area is 121 Å². The molecular formula is C12H23NO8. The number of aliphatic hydroxyl groups is 6. The summed E-state index contributed by atoms with van der Waals surface area (Å²) in [6.45, 7) is -0.407. The second-order valence-corrected chi connectivity index (χ2v) is 5.50. The number of hydrogen-bond donors (Lipinski definition) is 7. The minimum Gasteiger partial charge on any atom is -0.394 e. The van der Waals surface area contributed by atoms with E-state index in [4.69, 9.17) is 14.6 Å². The van der Waals surface area contributed by atoms with Crippen LogP contribution >= 0.6 is 0 Å². The van der Waals surface area contributed by atoms with Crippen LogP contribution in [0.3, 0.4) is 0 Å². The fraction of sp³-hybridized carbons (Fsp3) is 1.00. The Hall–Kier alpha value is -0.360. The lowest BCUT2D eigenvalue weighted by Crippen LogP contribution is -2.62. The van der Waals surface area contributed by atoms with Gasteiger partial charge < -0.3 is 45.4 Å². The van der Waals surface area contributed by atoms with E-state index in [0.29, 0.717) is 0 Å². The summed E-state index contributed by atoms with van der Waals surface area (Å²) in [5.74, 6) is -1.05. The Morgan fingerprint density at radius 3 is 2.33 bits per heavy atom. The van der Waals surface area contributed by atoms with Gasteiger partial charge in [-0.25, -0.2) is 0 Å². The topological polar surface area (TPSA) is 152 Å². The van der Waals surface area contributed by atoms with E-state index >= 15 is 0 Å². The maximum atomic E-state index is 10.4. The zero-order valence-corrected chi connectivity index (χ0v) is 11.6. The summed E-state index contributed by atoms with van der Waals surface area (Å²) in [5, 5.41) is 61.6. The predicted molar refractivity (Wildman–Crippen MR) is 68.1 cm³/mol. The molecule has 9 nitrogen and oxygen atoms in total. The monoisotopic (exact) mass is 309 g/mol. The van der Waals surface area contributed by atoms with Crippen LogP contribution in [0.15, 0.2) is 0 Å². The number of β-amino-alcohol motifs (C(OH)–C–C–N with tert-alkyl or cyclic N) is 1. The molecule has 2 heterocycles. The highest BCUT2D eigenvalue weighted by Gasteiger charge is 2.51. The van der Waals surface area contributed by atoms with Crippen molar-refractivity contribution < 1.29 is 40.1 Å². The molecule has 0 unspecified atom stereocenters. The van der Waals surface area contributed by atoms with Crippen molar-refractivity contribution in [1.82, 2.24) is 5.32 Å². The van der Waals surface area contributed by atoms with Crippen LogP contribution in [0.5, 0.6) is 0 Å². The van der Waals surface area contributed by atoms with E-state index < -0.39 is 61.5 Å². The Balaban J connectivity index is 2.15. The van der Waals surface area contributed by atoms with Crippen molar-refractivity contribution >= 4 is 0 Å². The molecule has 2 fully saturated rings. The van der Waals surface area contributed by atoms with Gasteiger partial charge in [-0.05, 0) is 0 Å². The number of ether oxygens (including phenoxy) is 2. The van der Waals surface area contributed by atoms with E-state index in [-0.39, 0.29) is 6.54 Å². The average molecular weight is 309 g/mol. The third-order valence-electron chi connectivity index (χ3n) is 4.25. The molecule has 2 aliphatic rings. The molecule has 7 N–H and O–H groups in total. The normalized spacial score (nSPS) is 49.3. The van der Waals surface area contributed by atoms with Crippen LogP contribution < -0.4 is 5.32 Å². The minimum absolute atomic E-state index is 0.103. The average Bonchev–Trinajstić information content (AvgIpc) is 2.81. The Bertz CT molecular complexity index is 343. The largest absolute Gasteiger partial charge is 0.394 e. The molecule has 0 aromatic rings. The van der Waals surface area contributed by atoms with Gasteiger partial charge in [-0.15, -0.1) is 0 Å². The van der Waals surface area contributed by atoms with Crippen LogP contribution in [-0.2, 0) is 9.47 Å². The summed E-state index contributed by atoms with van der Waals surface area (Å²) >= 11 is 0.